The molecule has 5 nitrogen and oxygen atoms in total. The van der Waals surface area contributed by atoms with E-state index in [1.165, 1.54) is 6.20 Å². The van der Waals surface area contributed by atoms with E-state index in [0.29, 0.717) is 45.8 Å². The van der Waals surface area contributed by atoms with Crippen molar-refractivity contribution < 1.29 is 14.0 Å². The second-order valence-corrected chi connectivity index (χ2v) is 9.25. The fourth-order valence-electron chi connectivity index (χ4n) is 3.74. The van der Waals surface area contributed by atoms with Crippen LogP contribution in [0.15, 0.2) is 53.7 Å². The second kappa shape index (κ2) is 9.47. The van der Waals surface area contributed by atoms with E-state index in [-0.39, 0.29) is 28.7 Å². The molecular formula is C24H19Cl3FN3O2. The second-order valence-electron chi connectivity index (χ2n) is 8.02. The topological polar surface area (TPSA) is 55.7 Å². The maximum Gasteiger partial charge on any atom is 0.169 e. The van der Waals surface area contributed by atoms with Gasteiger partial charge in [0, 0.05) is 10.0 Å². The molecule has 1 aromatic heterocycles. The number of ether oxygens (including phenoxy) is 1. The molecule has 9 heteroatoms. The summed E-state index contributed by atoms with van der Waals surface area (Å²) in [5, 5.41) is 1.39. The van der Waals surface area contributed by atoms with Gasteiger partial charge in [-0.3, -0.25) is 9.83 Å². The average Bonchev–Trinajstić information content (AvgIpc) is 3.64. The molecule has 1 fully saturated rings. The Morgan fingerprint density at radius 1 is 1.09 bits per heavy atom. The molecule has 2 heterocycles. The predicted molar refractivity (Wildman–Crippen MR) is 127 cm³/mol. The first kappa shape index (κ1) is 22.4. The maximum absolute atomic E-state index is 15.0. The van der Waals surface area contributed by atoms with Crippen molar-refractivity contribution in [3.05, 3.63) is 86.4 Å². The van der Waals surface area contributed by atoms with E-state index < -0.39 is 0 Å². The summed E-state index contributed by atoms with van der Waals surface area (Å²) in [6.07, 6.45) is 3.98. The SMILES string of the molecule is Fc1c(Oc2cnc(Cl)cc2C2=N[C@H](Cc3ccc(Cl)cc3Cl)CON2)cccc1C1CC1. The molecule has 0 bridgehead atoms. The van der Waals surface area contributed by atoms with E-state index in [1.807, 2.05) is 6.07 Å². The van der Waals surface area contributed by atoms with Gasteiger partial charge in [0.2, 0.25) is 0 Å². The Balaban J connectivity index is 1.44. The Hall–Kier alpha value is -2.38. The van der Waals surface area contributed by atoms with Crippen LogP contribution in [0, 0.1) is 5.82 Å². The summed E-state index contributed by atoms with van der Waals surface area (Å²) < 4.78 is 21.0. The largest absolute Gasteiger partial charge is 0.452 e. The number of rotatable bonds is 6. The molecule has 0 saturated heterocycles. The van der Waals surface area contributed by atoms with Crippen molar-refractivity contribution in [3.8, 4) is 11.5 Å². The van der Waals surface area contributed by atoms with Crippen LogP contribution in [-0.4, -0.2) is 23.5 Å². The zero-order valence-corrected chi connectivity index (χ0v) is 19.6. The summed E-state index contributed by atoms with van der Waals surface area (Å²) in [6.45, 7) is 0.343. The minimum absolute atomic E-state index is 0.131. The average molecular weight is 507 g/mol. The van der Waals surface area contributed by atoms with E-state index in [4.69, 9.17) is 49.4 Å². The first-order valence-corrected chi connectivity index (χ1v) is 11.6. The minimum atomic E-state index is -0.356. The third-order valence-corrected chi connectivity index (χ3v) is 6.34. The van der Waals surface area contributed by atoms with Crippen LogP contribution in [0.4, 0.5) is 4.39 Å². The number of aromatic nitrogens is 1. The van der Waals surface area contributed by atoms with Gasteiger partial charge in [-0.25, -0.2) is 14.9 Å². The Morgan fingerprint density at radius 3 is 2.73 bits per heavy atom. The van der Waals surface area contributed by atoms with Crippen LogP contribution in [0.5, 0.6) is 11.5 Å². The standard InChI is InChI=1S/C24H19Cl3FN3O2/c25-15-7-6-14(19(26)9-15)8-16-12-32-31-24(30-16)18-10-22(27)29-11-21(18)33-20-3-1-2-17(23(20)28)13-4-5-13/h1-3,6-7,9-11,13,16H,4-5,8,12H2,(H,30,31)/t16-/m1/s1. The van der Waals surface area contributed by atoms with Gasteiger partial charge in [0.15, 0.2) is 23.2 Å². The number of halogens is 4. The van der Waals surface area contributed by atoms with Gasteiger partial charge in [-0.2, -0.15) is 0 Å². The Morgan fingerprint density at radius 2 is 1.94 bits per heavy atom. The monoisotopic (exact) mass is 505 g/mol. The highest BCUT2D eigenvalue weighted by molar-refractivity contribution is 6.35. The number of nitrogens with zero attached hydrogens (tertiary/aromatic N) is 2. The number of hydrogen-bond donors (Lipinski definition) is 1. The minimum Gasteiger partial charge on any atom is -0.452 e. The fraction of sp³-hybridized carbons (Fsp3) is 0.250. The Bertz CT molecular complexity index is 1230. The molecule has 3 aromatic rings. The molecular weight excluding hydrogens is 488 g/mol. The highest BCUT2D eigenvalue weighted by atomic mass is 35.5. The van der Waals surface area contributed by atoms with Crippen LogP contribution in [0.3, 0.4) is 0 Å². The molecule has 2 aromatic carbocycles. The molecule has 1 aliphatic carbocycles. The normalized spacial score (nSPS) is 17.9. The van der Waals surface area contributed by atoms with Gasteiger partial charge >= 0.3 is 0 Å². The summed E-state index contributed by atoms with van der Waals surface area (Å²) >= 11 is 18.5. The van der Waals surface area contributed by atoms with Crippen molar-refractivity contribution in [3.63, 3.8) is 0 Å². The molecule has 0 spiro atoms. The molecule has 0 amide bonds. The van der Waals surface area contributed by atoms with E-state index in [1.54, 1.807) is 36.4 Å². The number of benzene rings is 2. The first-order valence-electron chi connectivity index (χ1n) is 10.5. The third kappa shape index (κ3) is 5.09. The molecule has 1 atom stereocenters. The van der Waals surface area contributed by atoms with E-state index in [0.717, 1.165) is 18.4 Å². The fourth-order valence-corrected chi connectivity index (χ4v) is 4.38. The van der Waals surface area contributed by atoms with E-state index >= 15 is 4.39 Å². The van der Waals surface area contributed by atoms with Crippen molar-refractivity contribution in [1.82, 2.24) is 10.5 Å². The van der Waals surface area contributed by atoms with Crippen LogP contribution in [0.1, 0.15) is 35.4 Å². The van der Waals surface area contributed by atoms with Crippen molar-refractivity contribution in [1.29, 1.82) is 0 Å². The van der Waals surface area contributed by atoms with Gasteiger partial charge in [0.05, 0.1) is 24.4 Å². The van der Waals surface area contributed by atoms with Crippen LogP contribution in [0.25, 0.3) is 0 Å². The number of hydrogen-bond acceptors (Lipinski definition) is 5. The van der Waals surface area contributed by atoms with Gasteiger partial charge in [0.25, 0.3) is 0 Å². The molecule has 1 saturated carbocycles. The zero-order valence-electron chi connectivity index (χ0n) is 17.3. The third-order valence-electron chi connectivity index (χ3n) is 5.55. The number of aliphatic imine (C=N–C) groups is 1. The molecule has 5 rings (SSSR count). The van der Waals surface area contributed by atoms with E-state index in [9.17, 15) is 0 Å². The van der Waals surface area contributed by atoms with Gasteiger partial charge in [0.1, 0.15) is 5.15 Å². The molecule has 0 radical (unpaired) electrons. The van der Waals surface area contributed by atoms with Crippen molar-refractivity contribution >= 4 is 40.6 Å². The van der Waals surface area contributed by atoms with Gasteiger partial charge < -0.3 is 4.74 Å². The predicted octanol–water partition coefficient (Wildman–Crippen LogP) is 6.74. The lowest BCUT2D eigenvalue weighted by Gasteiger charge is -2.23. The van der Waals surface area contributed by atoms with Crippen molar-refractivity contribution in [2.45, 2.75) is 31.2 Å². The first-order chi connectivity index (χ1) is 16.0. The molecule has 2 aliphatic rings. The quantitative estimate of drug-likeness (QED) is 0.376. The summed E-state index contributed by atoms with van der Waals surface area (Å²) in [5.74, 6) is 0.757. The van der Waals surface area contributed by atoms with Crippen LogP contribution in [-0.2, 0) is 11.3 Å². The molecule has 170 valence electrons. The Labute approximate surface area is 205 Å². The lowest BCUT2D eigenvalue weighted by Crippen LogP contribution is -2.36. The maximum atomic E-state index is 15.0. The molecule has 33 heavy (non-hydrogen) atoms. The highest BCUT2D eigenvalue weighted by Crippen LogP contribution is 2.43. The summed E-state index contributed by atoms with van der Waals surface area (Å²) in [6, 6.07) is 11.9. The van der Waals surface area contributed by atoms with Crippen LogP contribution < -0.4 is 10.2 Å². The lowest BCUT2D eigenvalue weighted by molar-refractivity contribution is 0.0623. The summed E-state index contributed by atoms with van der Waals surface area (Å²) in [5.41, 5.74) is 4.91. The number of hydroxylamine groups is 1. The lowest BCUT2D eigenvalue weighted by atomic mass is 10.1. The van der Waals surface area contributed by atoms with Crippen LogP contribution in [0.2, 0.25) is 15.2 Å². The van der Waals surface area contributed by atoms with Crippen molar-refractivity contribution in [2.75, 3.05) is 6.61 Å². The molecule has 1 aliphatic heterocycles. The van der Waals surface area contributed by atoms with Crippen molar-refractivity contribution in [2.24, 2.45) is 4.99 Å². The highest BCUT2D eigenvalue weighted by Gasteiger charge is 2.28. The van der Waals surface area contributed by atoms with E-state index in [2.05, 4.69) is 10.5 Å². The number of pyridine rings is 1. The van der Waals surface area contributed by atoms with Gasteiger partial charge in [-0.15, -0.1) is 0 Å². The summed E-state index contributed by atoms with van der Waals surface area (Å²) in [4.78, 5) is 14.4. The Kier molecular flexibility index (Phi) is 6.43. The summed E-state index contributed by atoms with van der Waals surface area (Å²) in [7, 11) is 0. The molecule has 0 unspecified atom stereocenters. The van der Waals surface area contributed by atoms with Gasteiger partial charge in [-0.1, -0.05) is 53.0 Å². The smallest absolute Gasteiger partial charge is 0.169 e. The van der Waals surface area contributed by atoms with Crippen LogP contribution >= 0.6 is 34.8 Å². The zero-order chi connectivity index (χ0) is 22.9. The van der Waals surface area contributed by atoms with Gasteiger partial charge in [-0.05, 0) is 60.6 Å². The number of nitrogens with one attached hydrogen (secondary N) is 1. The number of amidine groups is 1. The molecule has 1 N–H and O–H groups in total.